The number of ketones is 2. The van der Waals surface area contributed by atoms with E-state index in [-0.39, 0.29) is 79.2 Å². The number of nitriles is 1. The van der Waals surface area contributed by atoms with E-state index < -0.39 is 10.2 Å². The quantitative estimate of drug-likeness (QED) is 0.00651. The summed E-state index contributed by atoms with van der Waals surface area (Å²) in [6.07, 6.45) is 5.49. The van der Waals surface area contributed by atoms with Crippen LogP contribution in [0, 0.1) is 11.3 Å². The molecular weight excluding hydrogens is 1350 g/mol. The molecule has 6 aromatic carbocycles. The lowest BCUT2D eigenvalue weighted by atomic mass is 9.90. The standard InChI is InChI=1S/C22H18N2O3.C13H8Cl2O.C13H8O2.C9H16N2O2.C5H13N3O.C4H9NO2.C2H8N2.2CH4.HI/c1-2-15(25)8-7-13-24-22(26)18(14-23)21-16-9-3-5-11-19(16)27-20-12-6-4-10-17(20)21;14-13(15)9-5-1-3-7-11(9)16-12-8-4-2-6-10(12)13;14-13-9-5-1-3-7-11(9)15-12-8-4-2-6-10(12)13;1-2-8(12)4-3-7-11-9(13)5-6-10;6-2-1-5(9)8-4-3-7;1-7-4(6)2-3-5;3-1-2-4;;;/h2-6,9-12H,1,7-8,13H2,(H,24,26);1-8H;1-8H;2H,1,3-7,10H2,(H,11,13);1-4,6-7H2,(H,8,9);2-3,5H2,1H3;1-4H2;2*1H4;1H. The second-order valence-corrected chi connectivity index (χ2v) is 20.4. The van der Waals surface area contributed by atoms with Gasteiger partial charge in [-0.1, -0.05) is 148 Å². The smallest absolute Gasteiger partial charge is 0.306 e. The summed E-state index contributed by atoms with van der Waals surface area (Å²) >= 11 is 12.8. The Morgan fingerprint density at radius 2 is 0.915 bits per heavy atom. The molecule has 0 bridgehead atoms. The Morgan fingerprint density at radius 1 is 0.532 bits per heavy atom. The van der Waals surface area contributed by atoms with Crippen LogP contribution in [0.3, 0.4) is 0 Å². The number of rotatable bonds is 20. The fraction of sp³-hybridized carbons (Fsp3) is 0.286. The zero-order valence-corrected chi connectivity index (χ0v) is 55.1. The first-order chi connectivity index (χ1) is 43.9. The number of allylic oxidation sites excluding steroid dienone is 2. The van der Waals surface area contributed by atoms with Gasteiger partial charge in [0.2, 0.25) is 17.2 Å². The number of amides is 3. The average Bonchev–Trinajstić information content (AvgIpc) is 0.775. The van der Waals surface area contributed by atoms with E-state index in [1.165, 1.54) is 19.3 Å². The first-order valence-electron chi connectivity index (χ1n) is 29.0. The van der Waals surface area contributed by atoms with Gasteiger partial charge in [-0.25, -0.2) is 0 Å². The van der Waals surface area contributed by atoms with Gasteiger partial charge in [0, 0.05) is 112 Å². The molecule has 0 aliphatic carbocycles. The van der Waals surface area contributed by atoms with Crippen molar-refractivity contribution in [2.75, 3.05) is 66.0 Å². The number of alkyl halides is 2. The fourth-order valence-electron chi connectivity index (χ4n) is 8.04. The average molecular weight is 1440 g/mol. The van der Waals surface area contributed by atoms with Crippen molar-refractivity contribution in [3.05, 3.63) is 209 Å². The second-order valence-electron chi connectivity index (χ2n) is 19.1. The number of para-hydroxylation sites is 6. The third kappa shape index (κ3) is 28.3. The summed E-state index contributed by atoms with van der Waals surface area (Å²) in [6.45, 7) is 10.9. The highest BCUT2D eigenvalue weighted by molar-refractivity contribution is 14.0. The minimum absolute atomic E-state index is 0. The minimum Gasteiger partial charge on any atom is -0.469 e. The van der Waals surface area contributed by atoms with E-state index in [0.717, 1.165) is 11.1 Å². The molecule has 15 N–H and O–H groups in total. The molecule has 0 spiro atoms. The van der Waals surface area contributed by atoms with E-state index in [0.29, 0.717) is 165 Å². The molecule has 0 saturated carbocycles. The number of carbonyl (C=O) groups is 6. The largest absolute Gasteiger partial charge is 0.469 e. The molecule has 2 aliphatic heterocycles. The number of hydrogen-bond acceptors (Lipinski definition) is 18. The molecule has 0 fully saturated rings. The summed E-state index contributed by atoms with van der Waals surface area (Å²) in [5.74, 6) is 1.76. The number of hydrogen-bond donors (Lipinski definition) is 9. The molecule has 94 heavy (non-hydrogen) atoms. The third-order valence-corrected chi connectivity index (χ3v) is 13.3. The lowest BCUT2D eigenvalue weighted by Gasteiger charge is -2.30. The van der Waals surface area contributed by atoms with Gasteiger partial charge in [-0.2, -0.15) is 5.26 Å². The van der Waals surface area contributed by atoms with Crippen LogP contribution in [-0.2, 0) is 37.8 Å². The number of methoxy groups -OCH3 is 1. The summed E-state index contributed by atoms with van der Waals surface area (Å²) in [4.78, 5) is 78.2. The van der Waals surface area contributed by atoms with E-state index in [2.05, 4.69) is 33.8 Å². The predicted octanol–water partition coefficient (Wildman–Crippen LogP) is 9.89. The van der Waals surface area contributed by atoms with Crippen LogP contribution in [0.4, 0.5) is 0 Å². The van der Waals surface area contributed by atoms with Crippen molar-refractivity contribution in [3.8, 4) is 29.1 Å². The van der Waals surface area contributed by atoms with E-state index in [1.54, 1.807) is 24.3 Å². The second kappa shape index (κ2) is 48.2. The van der Waals surface area contributed by atoms with Crippen molar-refractivity contribution in [3.63, 3.8) is 0 Å². The molecule has 7 aromatic rings. The molecule has 0 unspecified atom stereocenters. The van der Waals surface area contributed by atoms with Gasteiger partial charge in [0.25, 0.3) is 5.91 Å². The van der Waals surface area contributed by atoms with Crippen LogP contribution in [0.5, 0.6) is 23.0 Å². The highest BCUT2D eigenvalue weighted by Crippen LogP contribution is 2.53. The Bertz CT molecular complexity index is 3520. The first-order valence-corrected chi connectivity index (χ1v) is 29.8. The topological polar surface area (TPSA) is 376 Å². The molecule has 0 saturated heterocycles. The number of nitrogens with one attached hydrogen (secondary N) is 3. The molecule has 506 valence electrons. The summed E-state index contributed by atoms with van der Waals surface area (Å²) in [5.41, 5.74) is 35.1. The van der Waals surface area contributed by atoms with Crippen LogP contribution in [-0.4, -0.2) is 101 Å². The van der Waals surface area contributed by atoms with Crippen molar-refractivity contribution < 1.29 is 47.4 Å². The van der Waals surface area contributed by atoms with Crippen LogP contribution in [0.15, 0.2) is 186 Å². The third-order valence-electron chi connectivity index (χ3n) is 12.5. The molecule has 3 heterocycles. The monoisotopic (exact) mass is 1440 g/mol. The lowest BCUT2D eigenvalue weighted by Crippen LogP contribution is -2.30. The van der Waals surface area contributed by atoms with Crippen molar-refractivity contribution in [2.24, 2.45) is 34.4 Å². The number of benzene rings is 6. The molecule has 0 atom stereocenters. The number of nitrogens with zero attached hydrogens (tertiary/aromatic N) is 1. The van der Waals surface area contributed by atoms with Gasteiger partial charge in [0.15, 0.2) is 15.9 Å². The SMILES string of the molecule is C.C.C=CC(=O)CCCNC(=O)C(C#N)=C1c2ccccc2Oc2ccccc21.C=CC(=O)CCCNC(=O)CCN.COC(=O)CCN.ClC1(Cl)c2ccccc2Oc2ccccc21.I.NCCN.NCCNC(=O)CCN.O=c1c2ccccc2oc2ccccc12. The Hall–Kier alpha value is -8.61. The predicted molar refractivity (Wildman–Crippen MR) is 387 cm³/mol. The van der Waals surface area contributed by atoms with Crippen molar-refractivity contribution in [2.45, 2.75) is 64.1 Å². The first kappa shape index (κ1) is 85.4. The highest BCUT2D eigenvalue weighted by atomic mass is 127. The van der Waals surface area contributed by atoms with Crippen molar-refractivity contribution in [1.29, 1.82) is 5.26 Å². The molecular formula is C70H89Cl2IN10O11. The van der Waals surface area contributed by atoms with Crippen LogP contribution in [0.1, 0.15) is 82.1 Å². The van der Waals surface area contributed by atoms with Crippen LogP contribution in [0.25, 0.3) is 27.5 Å². The zero-order chi connectivity index (χ0) is 67.0. The Kier molecular flexibility index (Phi) is 43.7. The van der Waals surface area contributed by atoms with Gasteiger partial charge < -0.3 is 69.0 Å². The van der Waals surface area contributed by atoms with Crippen LogP contribution >= 0.6 is 47.2 Å². The zero-order valence-electron chi connectivity index (χ0n) is 51.3. The maximum Gasteiger partial charge on any atom is 0.306 e. The van der Waals surface area contributed by atoms with E-state index in [4.69, 9.17) is 71.5 Å². The van der Waals surface area contributed by atoms with Gasteiger partial charge in [0.1, 0.15) is 45.8 Å². The molecule has 21 nitrogen and oxygen atoms in total. The number of fused-ring (bicyclic) bond motifs is 6. The number of esters is 1. The number of nitrogens with two attached hydrogens (primary N) is 6. The summed E-state index contributed by atoms with van der Waals surface area (Å²) in [6, 6.07) is 46.3. The highest BCUT2D eigenvalue weighted by Gasteiger charge is 2.38. The van der Waals surface area contributed by atoms with Gasteiger partial charge in [-0.15, -0.1) is 24.0 Å². The summed E-state index contributed by atoms with van der Waals surface area (Å²) in [5, 5.41) is 18.9. The van der Waals surface area contributed by atoms with Gasteiger partial charge >= 0.3 is 5.97 Å². The Morgan fingerprint density at radius 3 is 1.31 bits per heavy atom. The number of carbonyl (C=O) groups excluding carboxylic acids is 6. The van der Waals surface area contributed by atoms with E-state index in [1.807, 2.05) is 127 Å². The molecule has 24 heteroatoms. The molecule has 0 radical (unpaired) electrons. The number of ether oxygens (including phenoxy) is 3. The van der Waals surface area contributed by atoms with Crippen molar-refractivity contribution >= 4 is 110 Å². The summed E-state index contributed by atoms with van der Waals surface area (Å²) < 4.78 is 20.5. The maximum absolute atomic E-state index is 12.7. The maximum atomic E-state index is 12.7. The van der Waals surface area contributed by atoms with Crippen LogP contribution < -0.4 is 65.3 Å². The van der Waals surface area contributed by atoms with Gasteiger partial charge in [-0.3, -0.25) is 33.6 Å². The van der Waals surface area contributed by atoms with Gasteiger partial charge in [-0.05, 0) is 73.5 Å². The number of halogens is 3. The van der Waals surface area contributed by atoms with E-state index >= 15 is 0 Å². The van der Waals surface area contributed by atoms with Crippen LogP contribution in [0.2, 0.25) is 0 Å². The van der Waals surface area contributed by atoms with Crippen molar-refractivity contribution in [1.82, 2.24) is 16.0 Å². The lowest BCUT2D eigenvalue weighted by molar-refractivity contribution is -0.140. The molecule has 9 rings (SSSR count). The molecule has 2 aliphatic rings. The normalized spacial score (nSPS) is 10.8. The Balaban J connectivity index is 0.00000114. The summed E-state index contributed by atoms with van der Waals surface area (Å²) in [7, 11) is 1.35. The van der Waals surface area contributed by atoms with E-state index in [9.17, 15) is 38.8 Å². The molecule has 3 amide bonds. The molecule has 1 aromatic heterocycles. The Labute approximate surface area is 577 Å². The minimum atomic E-state index is -1.04. The fourth-order valence-corrected chi connectivity index (χ4v) is 8.66. The van der Waals surface area contributed by atoms with Gasteiger partial charge in [0.05, 0.1) is 24.3 Å².